The summed E-state index contributed by atoms with van der Waals surface area (Å²) in [4.78, 5) is 5.28. The van der Waals surface area contributed by atoms with Crippen molar-refractivity contribution in [3.8, 4) is 12.3 Å². The fourth-order valence-electron chi connectivity index (χ4n) is 0.829. The predicted octanol–water partition coefficient (Wildman–Crippen LogP) is 0.711. The standard InChI is InChI=1S/C6H3N3OS/c1-2-4-5-6(9(10)8-4)11-3-7-5/h1,3,10H. The molecule has 5 heteroatoms. The fourth-order valence-corrected chi connectivity index (χ4v) is 1.48. The number of fused-ring (bicyclic) bond motifs is 1. The molecular formula is C6H3N3OS. The van der Waals surface area contributed by atoms with Gasteiger partial charge in [-0.2, -0.15) is 0 Å². The van der Waals surface area contributed by atoms with Gasteiger partial charge in [-0.15, -0.1) is 11.5 Å². The Labute approximate surface area is 66.1 Å². The summed E-state index contributed by atoms with van der Waals surface area (Å²) in [5.41, 5.74) is 2.57. The second-order valence-electron chi connectivity index (χ2n) is 1.89. The highest BCUT2D eigenvalue weighted by atomic mass is 32.1. The third kappa shape index (κ3) is 0.700. The Hall–Kier alpha value is -1.54. The molecule has 0 bridgehead atoms. The molecule has 0 spiro atoms. The first-order chi connectivity index (χ1) is 5.33. The molecule has 0 aromatic carbocycles. The number of hydrogen-bond donors (Lipinski definition) is 1. The van der Waals surface area contributed by atoms with Crippen molar-refractivity contribution < 1.29 is 5.21 Å². The molecule has 0 saturated heterocycles. The number of aromatic nitrogens is 3. The number of rotatable bonds is 0. The van der Waals surface area contributed by atoms with Crippen LogP contribution in [0, 0.1) is 12.3 Å². The van der Waals surface area contributed by atoms with Crippen LogP contribution < -0.4 is 0 Å². The van der Waals surface area contributed by atoms with Crippen LogP contribution in [-0.4, -0.2) is 20.1 Å². The molecule has 0 aliphatic rings. The van der Waals surface area contributed by atoms with Crippen LogP contribution in [0.4, 0.5) is 0 Å². The molecule has 2 aromatic heterocycles. The van der Waals surface area contributed by atoms with Crippen LogP contribution >= 0.6 is 11.3 Å². The Bertz CT molecular complexity index is 436. The lowest BCUT2D eigenvalue weighted by atomic mass is 10.4. The van der Waals surface area contributed by atoms with Crippen molar-refractivity contribution in [2.75, 3.05) is 0 Å². The highest BCUT2D eigenvalue weighted by Gasteiger charge is 2.09. The quantitative estimate of drug-likeness (QED) is 0.462. The molecule has 2 rings (SSSR count). The van der Waals surface area contributed by atoms with Crippen molar-refractivity contribution in [2.24, 2.45) is 0 Å². The van der Waals surface area contributed by atoms with Gasteiger partial charge in [-0.1, -0.05) is 16.2 Å². The van der Waals surface area contributed by atoms with Crippen molar-refractivity contribution in [2.45, 2.75) is 0 Å². The van der Waals surface area contributed by atoms with Gasteiger partial charge in [-0.05, 0) is 5.92 Å². The summed E-state index contributed by atoms with van der Waals surface area (Å²) in [5, 5.41) is 12.7. The maximum absolute atomic E-state index is 9.09. The minimum absolute atomic E-state index is 0.378. The van der Waals surface area contributed by atoms with Gasteiger partial charge in [-0.25, -0.2) is 4.98 Å². The smallest absolute Gasteiger partial charge is 0.184 e. The van der Waals surface area contributed by atoms with Gasteiger partial charge in [0.25, 0.3) is 0 Å². The second kappa shape index (κ2) is 1.97. The Morgan fingerprint density at radius 3 is 3.27 bits per heavy atom. The number of terminal acetylenes is 1. The zero-order chi connectivity index (χ0) is 7.84. The minimum Gasteiger partial charge on any atom is -0.410 e. The molecule has 0 amide bonds. The van der Waals surface area contributed by atoms with Crippen LogP contribution in [-0.2, 0) is 0 Å². The van der Waals surface area contributed by atoms with E-state index >= 15 is 0 Å². The van der Waals surface area contributed by atoms with Crippen molar-refractivity contribution in [1.29, 1.82) is 0 Å². The largest absolute Gasteiger partial charge is 0.410 e. The molecule has 2 heterocycles. The topological polar surface area (TPSA) is 50.9 Å². The van der Waals surface area contributed by atoms with E-state index in [2.05, 4.69) is 16.0 Å². The van der Waals surface area contributed by atoms with Crippen molar-refractivity contribution >= 4 is 21.7 Å². The average Bonchev–Trinajstić information content (AvgIpc) is 2.54. The lowest BCUT2D eigenvalue weighted by molar-refractivity contribution is 0.162. The van der Waals surface area contributed by atoms with E-state index in [0.717, 1.165) is 4.85 Å². The summed E-state index contributed by atoms with van der Waals surface area (Å²) in [5.74, 6) is 2.33. The van der Waals surface area contributed by atoms with Gasteiger partial charge >= 0.3 is 0 Å². The molecule has 0 aliphatic heterocycles. The molecule has 0 radical (unpaired) electrons. The molecule has 0 fully saturated rings. The molecule has 0 aliphatic carbocycles. The fraction of sp³-hybridized carbons (Fsp3) is 0. The first-order valence-corrected chi connectivity index (χ1v) is 3.69. The molecular weight excluding hydrogens is 162 g/mol. The molecule has 0 atom stereocenters. The number of thiazole rings is 1. The van der Waals surface area contributed by atoms with Gasteiger partial charge in [0.15, 0.2) is 10.5 Å². The van der Waals surface area contributed by atoms with Gasteiger partial charge in [0.2, 0.25) is 0 Å². The van der Waals surface area contributed by atoms with Gasteiger partial charge in [0.1, 0.15) is 5.52 Å². The van der Waals surface area contributed by atoms with Gasteiger partial charge in [0.05, 0.1) is 5.51 Å². The Balaban J connectivity index is 2.94. The van der Waals surface area contributed by atoms with E-state index in [9.17, 15) is 0 Å². The molecule has 0 saturated carbocycles. The van der Waals surface area contributed by atoms with Crippen LogP contribution in [0.1, 0.15) is 5.69 Å². The molecule has 54 valence electrons. The van der Waals surface area contributed by atoms with Crippen LogP contribution in [0.25, 0.3) is 10.3 Å². The summed E-state index contributed by atoms with van der Waals surface area (Å²) < 4.78 is 0. The monoisotopic (exact) mass is 165 g/mol. The van der Waals surface area contributed by atoms with Gasteiger partial charge < -0.3 is 5.21 Å². The van der Waals surface area contributed by atoms with E-state index in [1.807, 2.05) is 0 Å². The highest BCUT2D eigenvalue weighted by Crippen LogP contribution is 2.18. The number of nitrogens with zero attached hydrogens (tertiary/aromatic N) is 3. The summed E-state index contributed by atoms with van der Waals surface area (Å²) >= 11 is 1.29. The van der Waals surface area contributed by atoms with Crippen LogP contribution in [0.2, 0.25) is 0 Å². The van der Waals surface area contributed by atoms with Crippen LogP contribution in [0.15, 0.2) is 5.51 Å². The number of hydrogen-bond acceptors (Lipinski definition) is 4. The molecule has 4 nitrogen and oxygen atoms in total. The van der Waals surface area contributed by atoms with Crippen LogP contribution in [0.3, 0.4) is 0 Å². The normalized spacial score (nSPS) is 10.1. The van der Waals surface area contributed by atoms with E-state index in [-0.39, 0.29) is 0 Å². The molecule has 1 N–H and O–H groups in total. The van der Waals surface area contributed by atoms with E-state index in [4.69, 9.17) is 11.6 Å². The predicted molar refractivity (Wildman–Crippen MR) is 40.5 cm³/mol. The zero-order valence-corrected chi connectivity index (χ0v) is 6.17. The third-order valence-corrected chi connectivity index (χ3v) is 2.08. The second-order valence-corrected chi connectivity index (χ2v) is 2.72. The van der Waals surface area contributed by atoms with Crippen molar-refractivity contribution in [1.82, 2.24) is 14.9 Å². The summed E-state index contributed by atoms with van der Waals surface area (Å²) in [6, 6.07) is 0. The van der Waals surface area contributed by atoms with Crippen molar-refractivity contribution in [3.05, 3.63) is 11.2 Å². The zero-order valence-electron chi connectivity index (χ0n) is 5.35. The highest BCUT2D eigenvalue weighted by molar-refractivity contribution is 7.16. The Morgan fingerprint density at radius 1 is 1.73 bits per heavy atom. The molecule has 0 unspecified atom stereocenters. The van der Waals surface area contributed by atoms with Crippen LogP contribution in [0.5, 0.6) is 0 Å². The molecule has 11 heavy (non-hydrogen) atoms. The van der Waals surface area contributed by atoms with E-state index in [0.29, 0.717) is 16.0 Å². The lowest BCUT2D eigenvalue weighted by Crippen LogP contribution is -1.90. The SMILES string of the molecule is C#Cc1nn(O)c2scnc12. The van der Waals surface area contributed by atoms with E-state index in [1.165, 1.54) is 11.3 Å². The lowest BCUT2D eigenvalue weighted by Gasteiger charge is -1.81. The first-order valence-electron chi connectivity index (χ1n) is 2.81. The Morgan fingerprint density at radius 2 is 2.55 bits per heavy atom. The minimum atomic E-state index is 0.378. The average molecular weight is 165 g/mol. The summed E-state index contributed by atoms with van der Waals surface area (Å²) in [7, 11) is 0. The van der Waals surface area contributed by atoms with Gasteiger partial charge in [0, 0.05) is 0 Å². The van der Waals surface area contributed by atoms with Crippen molar-refractivity contribution in [3.63, 3.8) is 0 Å². The summed E-state index contributed by atoms with van der Waals surface area (Å²) in [6.45, 7) is 0. The maximum atomic E-state index is 9.09. The Kier molecular flexibility index (Phi) is 1.11. The maximum Gasteiger partial charge on any atom is 0.184 e. The van der Waals surface area contributed by atoms with Gasteiger partial charge in [-0.3, -0.25) is 0 Å². The van der Waals surface area contributed by atoms with E-state index < -0.39 is 0 Å². The third-order valence-electron chi connectivity index (χ3n) is 1.29. The summed E-state index contributed by atoms with van der Waals surface area (Å²) in [6.07, 6.45) is 5.12. The molecule has 2 aromatic rings. The first kappa shape index (κ1) is 6.19. The van der Waals surface area contributed by atoms with E-state index in [1.54, 1.807) is 5.51 Å².